The van der Waals surface area contributed by atoms with E-state index in [2.05, 4.69) is 5.32 Å². The van der Waals surface area contributed by atoms with Crippen molar-refractivity contribution in [2.24, 2.45) is 0 Å². The van der Waals surface area contributed by atoms with Gasteiger partial charge in [0, 0.05) is 6.04 Å². The van der Waals surface area contributed by atoms with Crippen molar-refractivity contribution in [3.05, 3.63) is 0 Å². The molecule has 10 heavy (non-hydrogen) atoms. The van der Waals surface area contributed by atoms with Crippen LogP contribution >= 0.6 is 0 Å². The first-order valence-corrected chi connectivity index (χ1v) is 3.29. The molecule has 1 aliphatic heterocycles. The van der Waals surface area contributed by atoms with E-state index in [1.807, 2.05) is 6.92 Å². The van der Waals surface area contributed by atoms with Gasteiger partial charge in [0.1, 0.15) is 6.61 Å². The number of nitrogens with one attached hydrogen (secondary N) is 1. The van der Waals surface area contributed by atoms with Crippen molar-refractivity contribution in [3.8, 4) is 0 Å². The van der Waals surface area contributed by atoms with E-state index in [4.69, 9.17) is 4.74 Å². The van der Waals surface area contributed by atoms with Gasteiger partial charge in [-0.15, -0.1) is 0 Å². The molecule has 1 unspecified atom stereocenters. The van der Waals surface area contributed by atoms with Gasteiger partial charge >= 0.3 is 0 Å². The lowest BCUT2D eigenvalue weighted by molar-refractivity contribution is -0.0587. The number of alkyl halides is 2. The molecule has 1 atom stereocenters. The number of rotatable bonds is 0. The van der Waals surface area contributed by atoms with Crippen LogP contribution in [0.15, 0.2) is 0 Å². The standard InChI is InChI=1S/C6H11F2NO/c1-5-2-10-4-6(7,8)3-9-5/h5,9H,2-4H2,1H3. The fourth-order valence-electron chi connectivity index (χ4n) is 0.819. The van der Waals surface area contributed by atoms with Crippen LogP contribution in [-0.4, -0.2) is 31.7 Å². The summed E-state index contributed by atoms with van der Waals surface area (Å²) in [6, 6.07) is 0.0355. The van der Waals surface area contributed by atoms with E-state index in [0.29, 0.717) is 6.61 Å². The minimum atomic E-state index is -2.69. The van der Waals surface area contributed by atoms with Crippen LogP contribution in [0.25, 0.3) is 0 Å². The maximum absolute atomic E-state index is 12.5. The van der Waals surface area contributed by atoms with Crippen LogP contribution < -0.4 is 5.32 Å². The first-order chi connectivity index (χ1) is 4.60. The average molecular weight is 151 g/mol. The van der Waals surface area contributed by atoms with E-state index < -0.39 is 12.5 Å². The van der Waals surface area contributed by atoms with Gasteiger partial charge < -0.3 is 10.1 Å². The molecule has 0 amide bonds. The van der Waals surface area contributed by atoms with E-state index >= 15 is 0 Å². The number of hydrogen-bond donors (Lipinski definition) is 1. The summed E-state index contributed by atoms with van der Waals surface area (Å²) in [6.45, 7) is 1.47. The maximum Gasteiger partial charge on any atom is 0.283 e. The molecular weight excluding hydrogens is 140 g/mol. The Morgan fingerprint density at radius 1 is 1.60 bits per heavy atom. The van der Waals surface area contributed by atoms with Crippen LogP contribution in [0, 0.1) is 0 Å². The second-order valence-corrected chi connectivity index (χ2v) is 2.65. The molecule has 0 aromatic rings. The first-order valence-electron chi connectivity index (χ1n) is 3.29. The van der Waals surface area contributed by atoms with Gasteiger partial charge in [-0.1, -0.05) is 0 Å². The summed E-state index contributed by atoms with van der Waals surface area (Å²) in [5.74, 6) is -2.69. The topological polar surface area (TPSA) is 21.3 Å². The Labute approximate surface area is 58.6 Å². The van der Waals surface area contributed by atoms with Crippen molar-refractivity contribution in [1.82, 2.24) is 5.32 Å². The highest BCUT2D eigenvalue weighted by atomic mass is 19.3. The summed E-state index contributed by atoms with van der Waals surface area (Å²) < 4.78 is 29.6. The molecule has 1 heterocycles. The van der Waals surface area contributed by atoms with Gasteiger partial charge in [0.25, 0.3) is 5.92 Å². The van der Waals surface area contributed by atoms with Gasteiger partial charge in [0.05, 0.1) is 13.2 Å². The van der Waals surface area contributed by atoms with Gasteiger partial charge in [-0.05, 0) is 6.92 Å². The second kappa shape index (κ2) is 2.80. The largest absolute Gasteiger partial charge is 0.374 e. The SMILES string of the molecule is CC1COCC(F)(F)CN1. The van der Waals surface area contributed by atoms with Crippen LogP contribution in [0.2, 0.25) is 0 Å². The Hall–Kier alpha value is -0.220. The van der Waals surface area contributed by atoms with Gasteiger partial charge in [-0.25, -0.2) is 8.78 Å². The Morgan fingerprint density at radius 3 is 3.00 bits per heavy atom. The molecule has 1 saturated heterocycles. The van der Waals surface area contributed by atoms with E-state index in [0.717, 1.165) is 0 Å². The summed E-state index contributed by atoms with van der Waals surface area (Å²) in [7, 11) is 0. The summed E-state index contributed by atoms with van der Waals surface area (Å²) in [4.78, 5) is 0. The molecule has 0 bridgehead atoms. The normalized spacial score (nSPS) is 33.3. The maximum atomic E-state index is 12.5. The molecule has 0 saturated carbocycles. The van der Waals surface area contributed by atoms with Gasteiger partial charge in [-0.2, -0.15) is 0 Å². The zero-order chi connectivity index (χ0) is 7.61. The molecule has 0 spiro atoms. The molecule has 1 rings (SSSR count). The predicted molar refractivity (Wildman–Crippen MR) is 33.2 cm³/mol. The summed E-state index contributed by atoms with van der Waals surface area (Å²) in [5.41, 5.74) is 0. The third kappa shape index (κ3) is 2.19. The lowest BCUT2D eigenvalue weighted by Gasteiger charge is -2.11. The number of halogens is 2. The van der Waals surface area contributed by atoms with Crippen molar-refractivity contribution in [3.63, 3.8) is 0 Å². The molecule has 4 heteroatoms. The molecule has 0 radical (unpaired) electrons. The molecule has 0 aliphatic carbocycles. The van der Waals surface area contributed by atoms with Crippen molar-refractivity contribution >= 4 is 0 Å². The highest BCUT2D eigenvalue weighted by Gasteiger charge is 2.31. The molecule has 1 N–H and O–H groups in total. The van der Waals surface area contributed by atoms with Crippen LogP contribution in [0.4, 0.5) is 8.78 Å². The predicted octanol–water partition coefficient (Wildman–Crippen LogP) is 0.630. The third-order valence-corrected chi connectivity index (χ3v) is 1.39. The fourth-order valence-corrected chi connectivity index (χ4v) is 0.819. The molecule has 2 nitrogen and oxygen atoms in total. The highest BCUT2D eigenvalue weighted by Crippen LogP contribution is 2.14. The quantitative estimate of drug-likeness (QED) is 0.548. The van der Waals surface area contributed by atoms with Crippen molar-refractivity contribution < 1.29 is 13.5 Å². The van der Waals surface area contributed by atoms with Gasteiger partial charge in [0.15, 0.2) is 0 Å². The van der Waals surface area contributed by atoms with Crippen molar-refractivity contribution in [1.29, 1.82) is 0 Å². The monoisotopic (exact) mass is 151 g/mol. The minimum Gasteiger partial charge on any atom is -0.374 e. The zero-order valence-corrected chi connectivity index (χ0v) is 5.86. The van der Waals surface area contributed by atoms with Crippen LogP contribution in [0.5, 0.6) is 0 Å². The van der Waals surface area contributed by atoms with E-state index in [1.54, 1.807) is 0 Å². The lowest BCUT2D eigenvalue weighted by atomic mass is 10.3. The molecule has 1 aliphatic rings. The average Bonchev–Trinajstić information content (AvgIpc) is 1.94. The Balaban J connectivity index is 2.41. The van der Waals surface area contributed by atoms with Crippen LogP contribution in [0.1, 0.15) is 6.92 Å². The summed E-state index contributed by atoms with van der Waals surface area (Å²) >= 11 is 0. The lowest BCUT2D eigenvalue weighted by Crippen LogP contribution is -2.36. The van der Waals surface area contributed by atoms with E-state index in [-0.39, 0.29) is 12.6 Å². The van der Waals surface area contributed by atoms with E-state index in [9.17, 15) is 8.78 Å². The molecule has 60 valence electrons. The van der Waals surface area contributed by atoms with Crippen molar-refractivity contribution in [2.45, 2.75) is 18.9 Å². The summed E-state index contributed by atoms with van der Waals surface area (Å²) in [5, 5.41) is 2.66. The third-order valence-electron chi connectivity index (χ3n) is 1.39. The minimum absolute atomic E-state index is 0.0355. The number of hydrogen-bond acceptors (Lipinski definition) is 2. The Kier molecular flexibility index (Phi) is 2.21. The number of ether oxygens (including phenoxy) is 1. The molecular formula is C6H11F2NO. The highest BCUT2D eigenvalue weighted by molar-refractivity contribution is 4.75. The first kappa shape index (κ1) is 7.88. The van der Waals surface area contributed by atoms with Crippen molar-refractivity contribution in [2.75, 3.05) is 19.8 Å². The Bertz CT molecular complexity index is 118. The van der Waals surface area contributed by atoms with Gasteiger partial charge in [0.2, 0.25) is 0 Å². The van der Waals surface area contributed by atoms with Crippen LogP contribution in [-0.2, 0) is 4.74 Å². The Morgan fingerprint density at radius 2 is 2.30 bits per heavy atom. The molecule has 0 aromatic heterocycles. The fraction of sp³-hybridized carbons (Fsp3) is 1.00. The van der Waals surface area contributed by atoms with E-state index in [1.165, 1.54) is 0 Å². The zero-order valence-electron chi connectivity index (χ0n) is 5.86. The second-order valence-electron chi connectivity index (χ2n) is 2.65. The summed E-state index contributed by atoms with van der Waals surface area (Å²) in [6.07, 6.45) is 0. The van der Waals surface area contributed by atoms with Crippen LogP contribution in [0.3, 0.4) is 0 Å². The molecule has 0 aromatic carbocycles. The smallest absolute Gasteiger partial charge is 0.283 e. The molecule has 1 fully saturated rings. The van der Waals surface area contributed by atoms with Gasteiger partial charge in [-0.3, -0.25) is 0 Å².